The highest BCUT2D eigenvalue weighted by Crippen LogP contribution is 2.25. The van der Waals surface area contributed by atoms with E-state index in [0.717, 1.165) is 28.2 Å². The molecule has 0 aliphatic heterocycles. The van der Waals surface area contributed by atoms with Crippen LogP contribution in [0.15, 0.2) is 28.7 Å². The van der Waals surface area contributed by atoms with Crippen LogP contribution in [0.3, 0.4) is 0 Å². The second kappa shape index (κ2) is 5.02. The molecule has 2 rings (SSSR count). The maximum atomic E-state index is 6.05. The maximum absolute atomic E-state index is 6.05. The van der Waals surface area contributed by atoms with Crippen molar-refractivity contribution in [2.45, 2.75) is 13.5 Å². The van der Waals surface area contributed by atoms with Crippen LogP contribution < -0.4 is 10.6 Å². The number of rotatable bonds is 3. The van der Waals surface area contributed by atoms with E-state index < -0.39 is 0 Å². The summed E-state index contributed by atoms with van der Waals surface area (Å²) in [4.78, 5) is 2.11. The van der Waals surface area contributed by atoms with Gasteiger partial charge >= 0.3 is 0 Å². The summed E-state index contributed by atoms with van der Waals surface area (Å²) < 4.78 is 2.91. The average molecular weight is 309 g/mol. The van der Waals surface area contributed by atoms with Crippen molar-refractivity contribution >= 4 is 27.4 Å². The Labute approximate surface area is 116 Å². The first kappa shape index (κ1) is 13.0. The Morgan fingerprint density at radius 3 is 2.44 bits per heavy atom. The van der Waals surface area contributed by atoms with Gasteiger partial charge in [0.05, 0.1) is 11.4 Å². The number of hydrogen-bond donors (Lipinski definition) is 1. The zero-order valence-corrected chi connectivity index (χ0v) is 12.4. The molecule has 0 radical (unpaired) electrons. The van der Waals surface area contributed by atoms with Crippen molar-refractivity contribution in [1.29, 1.82) is 0 Å². The third-order valence-electron chi connectivity index (χ3n) is 2.93. The summed E-state index contributed by atoms with van der Waals surface area (Å²) in [5.41, 5.74) is 8.90. The van der Waals surface area contributed by atoms with Crippen molar-refractivity contribution in [3.63, 3.8) is 0 Å². The van der Waals surface area contributed by atoms with Crippen LogP contribution in [0, 0.1) is 6.92 Å². The molecule has 2 N–H and O–H groups in total. The van der Waals surface area contributed by atoms with E-state index in [2.05, 4.69) is 38.1 Å². The monoisotopic (exact) mass is 308 g/mol. The lowest BCUT2D eigenvalue weighted by Gasteiger charge is -2.20. The Kier molecular flexibility index (Phi) is 3.61. The first-order valence-electron chi connectivity index (χ1n) is 5.73. The molecule has 0 spiro atoms. The van der Waals surface area contributed by atoms with E-state index in [-0.39, 0.29) is 0 Å². The Morgan fingerprint density at radius 2 is 1.94 bits per heavy atom. The first-order valence-corrected chi connectivity index (χ1v) is 6.53. The standard InChI is InChI=1S/C13H17BrN4/c1-9-12(15)13(18(3)16-9)17(2)8-10-4-6-11(14)7-5-10/h4-7H,8,15H2,1-3H3. The number of nitrogens with two attached hydrogens (primary N) is 1. The van der Waals surface area contributed by atoms with Crippen molar-refractivity contribution in [1.82, 2.24) is 9.78 Å². The van der Waals surface area contributed by atoms with Crippen LogP contribution in [-0.4, -0.2) is 16.8 Å². The van der Waals surface area contributed by atoms with Gasteiger partial charge in [-0.15, -0.1) is 0 Å². The molecule has 0 aliphatic rings. The molecule has 5 heteroatoms. The first-order chi connectivity index (χ1) is 8.49. The van der Waals surface area contributed by atoms with Crippen molar-refractivity contribution in [3.05, 3.63) is 40.0 Å². The van der Waals surface area contributed by atoms with Gasteiger partial charge in [-0.1, -0.05) is 28.1 Å². The number of halogens is 1. The van der Waals surface area contributed by atoms with Gasteiger partial charge in [0, 0.05) is 25.1 Å². The summed E-state index contributed by atoms with van der Waals surface area (Å²) in [5.74, 6) is 0.954. The largest absolute Gasteiger partial charge is 0.394 e. The number of anilines is 2. The molecular formula is C13H17BrN4. The van der Waals surface area contributed by atoms with Crippen LogP contribution in [0.1, 0.15) is 11.3 Å². The van der Waals surface area contributed by atoms with Gasteiger partial charge in [-0.2, -0.15) is 5.10 Å². The van der Waals surface area contributed by atoms with Crippen molar-refractivity contribution in [2.75, 3.05) is 17.7 Å². The third kappa shape index (κ3) is 2.51. The molecule has 4 nitrogen and oxygen atoms in total. The fourth-order valence-corrected chi connectivity index (χ4v) is 2.32. The van der Waals surface area contributed by atoms with Gasteiger partial charge in [-0.3, -0.25) is 4.68 Å². The Bertz CT molecular complexity index is 545. The number of aromatic nitrogens is 2. The van der Waals surface area contributed by atoms with E-state index in [4.69, 9.17) is 5.73 Å². The number of nitrogen functional groups attached to an aromatic ring is 1. The molecule has 1 aromatic heterocycles. The molecule has 0 aliphatic carbocycles. The molecule has 0 saturated carbocycles. The molecule has 0 atom stereocenters. The van der Waals surface area contributed by atoms with Gasteiger partial charge in [0.15, 0.2) is 0 Å². The van der Waals surface area contributed by atoms with Crippen LogP contribution in [0.5, 0.6) is 0 Å². The topological polar surface area (TPSA) is 47.1 Å². The molecule has 0 saturated heterocycles. The van der Waals surface area contributed by atoms with Gasteiger partial charge in [-0.05, 0) is 24.6 Å². The van der Waals surface area contributed by atoms with E-state index in [1.807, 2.05) is 37.8 Å². The number of aryl methyl sites for hydroxylation is 2. The summed E-state index contributed by atoms with van der Waals surface area (Å²) in [7, 11) is 3.94. The zero-order chi connectivity index (χ0) is 13.3. The summed E-state index contributed by atoms with van der Waals surface area (Å²) in [6.07, 6.45) is 0. The minimum absolute atomic E-state index is 0.747. The normalized spacial score (nSPS) is 10.7. The van der Waals surface area contributed by atoms with Gasteiger partial charge in [0.25, 0.3) is 0 Å². The lowest BCUT2D eigenvalue weighted by molar-refractivity contribution is 0.727. The van der Waals surface area contributed by atoms with E-state index in [1.165, 1.54) is 5.56 Å². The molecule has 1 aromatic carbocycles. The van der Waals surface area contributed by atoms with E-state index in [9.17, 15) is 0 Å². The van der Waals surface area contributed by atoms with Gasteiger partial charge < -0.3 is 10.6 Å². The van der Waals surface area contributed by atoms with Gasteiger partial charge in [0.1, 0.15) is 5.82 Å². The van der Waals surface area contributed by atoms with Crippen LogP contribution in [-0.2, 0) is 13.6 Å². The maximum Gasteiger partial charge on any atom is 0.150 e. The predicted molar refractivity (Wildman–Crippen MR) is 78.6 cm³/mol. The molecule has 2 aromatic rings. The van der Waals surface area contributed by atoms with Crippen LogP contribution >= 0.6 is 15.9 Å². The Balaban J connectivity index is 2.21. The summed E-state index contributed by atoms with van der Waals surface area (Å²) >= 11 is 3.44. The molecule has 0 unspecified atom stereocenters. The lowest BCUT2D eigenvalue weighted by atomic mass is 10.2. The van der Waals surface area contributed by atoms with E-state index >= 15 is 0 Å². The molecule has 0 fully saturated rings. The summed E-state index contributed by atoms with van der Waals surface area (Å²) in [6.45, 7) is 2.72. The lowest BCUT2D eigenvalue weighted by Crippen LogP contribution is -2.20. The minimum Gasteiger partial charge on any atom is -0.394 e. The van der Waals surface area contributed by atoms with E-state index in [1.54, 1.807) is 0 Å². The Morgan fingerprint density at radius 1 is 1.33 bits per heavy atom. The fraction of sp³-hybridized carbons (Fsp3) is 0.308. The molecule has 96 valence electrons. The molecule has 0 bridgehead atoms. The summed E-state index contributed by atoms with van der Waals surface area (Å²) in [6, 6.07) is 8.28. The number of nitrogens with zero attached hydrogens (tertiary/aromatic N) is 3. The quantitative estimate of drug-likeness (QED) is 0.948. The fourth-order valence-electron chi connectivity index (χ4n) is 2.05. The van der Waals surface area contributed by atoms with Crippen molar-refractivity contribution < 1.29 is 0 Å². The van der Waals surface area contributed by atoms with Gasteiger partial charge in [0.2, 0.25) is 0 Å². The molecule has 1 heterocycles. The Hall–Kier alpha value is -1.49. The highest BCUT2D eigenvalue weighted by molar-refractivity contribution is 9.10. The highest BCUT2D eigenvalue weighted by Gasteiger charge is 2.14. The second-order valence-electron chi connectivity index (χ2n) is 4.43. The molecule has 18 heavy (non-hydrogen) atoms. The molecule has 0 amide bonds. The van der Waals surface area contributed by atoms with Crippen LogP contribution in [0.4, 0.5) is 11.5 Å². The third-order valence-corrected chi connectivity index (χ3v) is 3.46. The average Bonchev–Trinajstić information content (AvgIpc) is 2.56. The predicted octanol–water partition coefficient (Wildman–Crippen LogP) is 2.71. The summed E-state index contributed by atoms with van der Waals surface area (Å²) in [5, 5.41) is 4.33. The zero-order valence-electron chi connectivity index (χ0n) is 10.8. The van der Waals surface area contributed by atoms with Crippen molar-refractivity contribution in [3.8, 4) is 0 Å². The number of benzene rings is 1. The van der Waals surface area contributed by atoms with Crippen LogP contribution in [0.2, 0.25) is 0 Å². The smallest absolute Gasteiger partial charge is 0.150 e. The second-order valence-corrected chi connectivity index (χ2v) is 5.34. The van der Waals surface area contributed by atoms with E-state index in [0.29, 0.717) is 0 Å². The minimum atomic E-state index is 0.747. The van der Waals surface area contributed by atoms with Gasteiger partial charge in [-0.25, -0.2) is 0 Å². The number of hydrogen-bond acceptors (Lipinski definition) is 3. The highest BCUT2D eigenvalue weighted by atomic mass is 79.9. The van der Waals surface area contributed by atoms with Crippen molar-refractivity contribution in [2.24, 2.45) is 7.05 Å². The molecular weight excluding hydrogens is 292 g/mol. The SMILES string of the molecule is Cc1nn(C)c(N(C)Cc2ccc(Br)cc2)c1N. The van der Waals surface area contributed by atoms with Crippen LogP contribution in [0.25, 0.3) is 0 Å².